The largest absolute Gasteiger partial charge is 0.389 e. The summed E-state index contributed by atoms with van der Waals surface area (Å²) in [6.45, 7) is 3.15. The minimum Gasteiger partial charge on any atom is -0.389 e. The van der Waals surface area contributed by atoms with Crippen molar-refractivity contribution in [3.05, 3.63) is 77.7 Å². The van der Waals surface area contributed by atoms with Gasteiger partial charge in [0.15, 0.2) is 0 Å². The van der Waals surface area contributed by atoms with E-state index in [2.05, 4.69) is 48.3 Å². The summed E-state index contributed by atoms with van der Waals surface area (Å²) in [5.41, 5.74) is 4.87. The number of allylic oxidation sites excluding steroid dienone is 6. The van der Waals surface area contributed by atoms with Gasteiger partial charge in [0.1, 0.15) is 0 Å². The van der Waals surface area contributed by atoms with E-state index in [0.717, 1.165) is 37.9 Å². The maximum Gasteiger partial charge on any atom is 0.0758 e. The Hall–Kier alpha value is -2.26. The van der Waals surface area contributed by atoms with E-state index < -0.39 is 0 Å². The smallest absolute Gasteiger partial charge is 0.0758 e. The van der Waals surface area contributed by atoms with Crippen LogP contribution in [0.15, 0.2) is 77.1 Å². The number of hydrogen-bond donors (Lipinski definition) is 1. The maximum atomic E-state index is 9.74. The second kappa shape index (κ2) is 10.9. The van der Waals surface area contributed by atoms with Crippen molar-refractivity contribution in [3.8, 4) is 0 Å². The third-order valence-electron chi connectivity index (χ3n) is 5.36. The summed E-state index contributed by atoms with van der Waals surface area (Å²) in [4.78, 5) is 9.02. The maximum absolute atomic E-state index is 9.74. The normalized spacial score (nSPS) is 26.9. The van der Waals surface area contributed by atoms with Gasteiger partial charge in [0.05, 0.1) is 11.8 Å². The van der Waals surface area contributed by atoms with Crippen LogP contribution in [0.25, 0.3) is 0 Å². The number of nitrogens with zero attached hydrogens (tertiary/aromatic N) is 2. The predicted octanol–water partition coefficient (Wildman–Crippen LogP) is 5.40. The van der Waals surface area contributed by atoms with Gasteiger partial charge in [-0.15, -0.1) is 0 Å². The number of hydrogen-bond acceptors (Lipinski definition) is 3. The van der Waals surface area contributed by atoms with Gasteiger partial charge >= 0.3 is 0 Å². The van der Waals surface area contributed by atoms with E-state index in [4.69, 9.17) is 4.99 Å². The lowest BCUT2D eigenvalue weighted by Gasteiger charge is -2.18. The van der Waals surface area contributed by atoms with Crippen LogP contribution in [0.2, 0.25) is 0 Å². The average Bonchev–Trinajstić information content (AvgIpc) is 2.70. The second-order valence-corrected chi connectivity index (χ2v) is 7.85. The highest BCUT2D eigenvalue weighted by molar-refractivity contribution is 6.12. The Balaban J connectivity index is 1.57. The lowest BCUT2D eigenvalue weighted by molar-refractivity contribution is 0.225. The van der Waals surface area contributed by atoms with Gasteiger partial charge in [-0.25, -0.2) is 0 Å². The average molecular weight is 377 g/mol. The van der Waals surface area contributed by atoms with Crippen LogP contribution in [0, 0.1) is 5.92 Å². The summed E-state index contributed by atoms with van der Waals surface area (Å²) in [7, 11) is 0. The molecule has 2 aliphatic rings. The lowest BCUT2D eigenvalue weighted by atomic mass is 9.90. The van der Waals surface area contributed by atoms with Crippen molar-refractivity contribution in [2.75, 3.05) is 6.54 Å². The van der Waals surface area contributed by atoms with E-state index >= 15 is 0 Å². The van der Waals surface area contributed by atoms with Crippen LogP contribution in [0.1, 0.15) is 51.0 Å². The van der Waals surface area contributed by atoms with E-state index in [-0.39, 0.29) is 6.10 Å². The summed E-state index contributed by atoms with van der Waals surface area (Å²) in [6, 6.07) is 4.19. The fourth-order valence-corrected chi connectivity index (χ4v) is 3.60. The van der Waals surface area contributed by atoms with Gasteiger partial charge in [0, 0.05) is 24.5 Å². The van der Waals surface area contributed by atoms with Crippen molar-refractivity contribution < 1.29 is 5.11 Å². The molecule has 0 radical (unpaired) electrons. The minimum absolute atomic E-state index is 0.354. The summed E-state index contributed by atoms with van der Waals surface area (Å²) in [5, 5.41) is 9.74. The number of aliphatic hydroxyl groups excluding tert-OH is 1. The molecule has 1 aromatic rings. The molecule has 0 fully saturated rings. The van der Waals surface area contributed by atoms with Gasteiger partial charge < -0.3 is 5.11 Å². The van der Waals surface area contributed by atoms with E-state index in [0.29, 0.717) is 12.3 Å². The standard InChI is InChI=1S/C25H32N2O/c1-20-6-5-8-25(24(14-9-20)22-10-12-23(28)13-11-22)27-17-4-2-3-7-21-15-18-26-19-16-21/h5,8,10-12,14-16,18-20,23,28H,2-4,6-7,9,13,17H2,1H3/b8-5-,24-14+,27-25?. The highest BCUT2D eigenvalue weighted by atomic mass is 16.3. The topological polar surface area (TPSA) is 45.5 Å². The first kappa shape index (κ1) is 20.5. The molecule has 0 spiro atoms. The monoisotopic (exact) mass is 376 g/mol. The highest BCUT2D eigenvalue weighted by Crippen LogP contribution is 2.25. The Morgan fingerprint density at radius 2 is 1.89 bits per heavy atom. The van der Waals surface area contributed by atoms with Crippen LogP contribution < -0.4 is 0 Å². The molecule has 2 unspecified atom stereocenters. The summed E-state index contributed by atoms with van der Waals surface area (Å²) in [6.07, 6.45) is 23.7. The van der Waals surface area contributed by atoms with Crippen molar-refractivity contribution in [1.82, 2.24) is 4.98 Å². The van der Waals surface area contributed by atoms with Crippen LogP contribution in [0.4, 0.5) is 0 Å². The molecule has 0 bridgehead atoms. The molecule has 0 aliphatic heterocycles. The lowest BCUT2D eigenvalue weighted by Crippen LogP contribution is -2.11. The van der Waals surface area contributed by atoms with Gasteiger partial charge in [-0.1, -0.05) is 43.7 Å². The van der Waals surface area contributed by atoms with Gasteiger partial charge in [-0.3, -0.25) is 9.98 Å². The number of aliphatic imine (C=N–C) groups is 1. The van der Waals surface area contributed by atoms with E-state index in [9.17, 15) is 5.11 Å². The highest BCUT2D eigenvalue weighted by Gasteiger charge is 2.14. The third-order valence-corrected chi connectivity index (χ3v) is 5.36. The Morgan fingerprint density at radius 1 is 1.04 bits per heavy atom. The van der Waals surface area contributed by atoms with Crippen molar-refractivity contribution >= 4 is 5.71 Å². The van der Waals surface area contributed by atoms with Crippen molar-refractivity contribution in [1.29, 1.82) is 0 Å². The Morgan fingerprint density at radius 3 is 2.68 bits per heavy atom. The van der Waals surface area contributed by atoms with Crippen LogP contribution in [-0.4, -0.2) is 28.5 Å². The summed E-state index contributed by atoms with van der Waals surface area (Å²) < 4.78 is 0. The number of pyridine rings is 1. The van der Waals surface area contributed by atoms with Crippen molar-refractivity contribution in [3.63, 3.8) is 0 Å². The van der Waals surface area contributed by atoms with Crippen molar-refractivity contribution in [2.45, 2.75) is 58.0 Å². The van der Waals surface area contributed by atoms with E-state index in [1.54, 1.807) is 0 Å². The number of rotatable bonds is 7. The fraction of sp³-hybridized carbons (Fsp3) is 0.440. The number of aryl methyl sites for hydroxylation is 1. The Bertz CT molecular complexity index is 771. The SMILES string of the molecule is CC1C/C=C\C(=NCCCCCc2ccncc2)/C(C2=CCC(O)C=C2)=C/C1. The first-order chi connectivity index (χ1) is 13.7. The zero-order chi connectivity index (χ0) is 19.6. The van der Waals surface area contributed by atoms with Gasteiger partial charge in [0.2, 0.25) is 0 Å². The van der Waals surface area contributed by atoms with Gasteiger partial charge in [0.25, 0.3) is 0 Å². The molecular formula is C25H32N2O. The molecule has 2 atom stereocenters. The number of unbranched alkanes of at least 4 members (excludes halogenated alkanes) is 2. The zero-order valence-electron chi connectivity index (χ0n) is 16.9. The Labute approximate surface area is 169 Å². The van der Waals surface area contributed by atoms with Crippen LogP contribution in [0.5, 0.6) is 0 Å². The van der Waals surface area contributed by atoms with Gasteiger partial charge in [-0.2, -0.15) is 0 Å². The molecule has 2 aliphatic carbocycles. The second-order valence-electron chi connectivity index (χ2n) is 7.85. The minimum atomic E-state index is -0.354. The van der Waals surface area contributed by atoms with Crippen molar-refractivity contribution in [2.24, 2.45) is 10.9 Å². The molecule has 0 aromatic carbocycles. The summed E-state index contributed by atoms with van der Waals surface area (Å²) in [5.74, 6) is 0.653. The molecule has 28 heavy (non-hydrogen) atoms. The molecule has 3 rings (SSSR count). The molecular weight excluding hydrogens is 344 g/mol. The molecule has 0 saturated carbocycles. The third kappa shape index (κ3) is 6.42. The molecule has 3 nitrogen and oxygen atoms in total. The molecule has 3 heteroatoms. The van der Waals surface area contributed by atoms with Crippen LogP contribution in [-0.2, 0) is 6.42 Å². The van der Waals surface area contributed by atoms with E-state index in [1.165, 1.54) is 29.6 Å². The molecule has 1 heterocycles. The van der Waals surface area contributed by atoms with Gasteiger partial charge in [-0.05, 0) is 73.8 Å². The van der Waals surface area contributed by atoms with E-state index in [1.807, 2.05) is 24.5 Å². The van der Waals surface area contributed by atoms with Crippen LogP contribution >= 0.6 is 0 Å². The number of aromatic nitrogens is 1. The molecule has 0 amide bonds. The summed E-state index contributed by atoms with van der Waals surface area (Å²) >= 11 is 0. The first-order valence-electron chi connectivity index (χ1n) is 10.6. The molecule has 1 aromatic heterocycles. The molecule has 148 valence electrons. The Kier molecular flexibility index (Phi) is 7.98. The number of aliphatic hydroxyl groups is 1. The quantitative estimate of drug-likeness (QED) is 0.648. The fourth-order valence-electron chi connectivity index (χ4n) is 3.60. The van der Waals surface area contributed by atoms with Crippen LogP contribution in [0.3, 0.4) is 0 Å². The molecule has 1 N–H and O–H groups in total. The predicted molar refractivity (Wildman–Crippen MR) is 118 cm³/mol. The first-order valence-corrected chi connectivity index (χ1v) is 10.6. The zero-order valence-corrected chi connectivity index (χ0v) is 16.9. The molecule has 0 saturated heterocycles.